The average Bonchev–Trinajstić information content (AvgIpc) is 3.60. The number of furan rings is 1. The van der Waals surface area contributed by atoms with E-state index in [1.807, 2.05) is 0 Å². The number of nitrogens with one attached hydrogen (secondary N) is 1. The van der Waals surface area contributed by atoms with Crippen LogP contribution >= 0.6 is 0 Å². The minimum absolute atomic E-state index is 0.00870. The van der Waals surface area contributed by atoms with E-state index in [4.69, 9.17) is 13.7 Å². The lowest BCUT2D eigenvalue weighted by Crippen LogP contribution is -2.41. The standard InChI is InChI=1S/C27H25N3O8/c1-12-22(33)20(14(3)31)24-21(23(12)34)27(4)17(37-24)11-15(32)19(25(27)35)13(2)28-9-5-8-18-29-26(30-38-18)16-7-6-10-36-16/h6-7,10-11,28,33-34H,5,8-9H2,1-4H3/b19-13+/t27-/m0/s1. The summed E-state index contributed by atoms with van der Waals surface area (Å²) in [5.74, 6) is -1.31. The Hall–Kier alpha value is -4.67. The first-order valence-electron chi connectivity index (χ1n) is 12.0. The molecule has 0 fully saturated rings. The fraction of sp³-hybridized carbons (Fsp3) is 0.296. The highest BCUT2D eigenvalue weighted by Crippen LogP contribution is 2.57. The number of aryl methyl sites for hydroxylation is 1. The summed E-state index contributed by atoms with van der Waals surface area (Å²) in [6.07, 6.45) is 3.73. The van der Waals surface area contributed by atoms with Gasteiger partial charge in [-0.15, -0.1) is 0 Å². The lowest BCUT2D eigenvalue weighted by Gasteiger charge is -2.29. The van der Waals surface area contributed by atoms with E-state index in [0.29, 0.717) is 42.6 Å². The maximum Gasteiger partial charge on any atom is 0.238 e. The number of benzene rings is 1. The molecule has 11 heteroatoms. The van der Waals surface area contributed by atoms with Gasteiger partial charge in [0.2, 0.25) is 11.7 Å². The summed E-state index contributed by atoms with van der Waals surface area (Å²) in [7, 11) is 0. The molecule has 38 heavy (non-hydrogen) atoms. The first-order chi connectivity index (χ1) is 18.1. The summed E-state index contributed by atoms with van der Waals surface area (Å²) in [6.45, 7) is 6.23. The number of rotatable bonds is 7. The molecule has 3 heterocycles. The molecule has 0 bridgehead atoms. The number of hydrogen-bond acceptors (Lipinski definition) is 11. The van der Waals surface area contributed by atoms with Gasteiger partial charge >= 0.3 is 0 Å². The van der Waals surface area contributed by atoms with Crippen molar-refractivity contribution in [3.8, 4) is 28.8 Å². The van der Waals surface area contributed by atoms with Crippen molar-refractivity contribution in [3.63, 3.8) is 0 Å². The molecule has 1 aliphatic carbocycles. The van der Waals surface area contributed by atoms with Crippen LogP contribution in [0.25, 0.3) is 11.6 Å². The molecule has 3 aromatic rings. The third-order valence-electron chi connectivity index (χ3n) is 6.93. The number of nitrogens with zero attached hydrogens (tertiary/aromatic N) is 2. The molecule has 0 radical (unpaired) electrons. The van der Waals surface area contributed by atoms with Crippen LogP contribution in [-0.4, -0.2) is 44.2 Å². The maximum absolute atomic E-state index is 13.8. The van der Waals surface area contributed by atoms with Gasteiger partial charge in [0.1, 0.15) is 34.0 Å². The number of ketones is 3. The second-order valence-corrected chi connectivity index (χ2v) is 9.41. The minimum atomic E-state index is -1.56. The lowest BCUT2D eigenvalue weighted by molar-refractivity contribution is -0.123. The number of allylic oxidation sites excluding steroid dienone is 4. The number of carbonyl (C=O) groups excluding carboxylic acids is 3. The van der Waals surface area contributed by atoms with Crippen LogP contribution in [0.5, 0.6) is 17.2 Å². The summed E-state index contributed by atoms with van der Waals surface area (Å²) >= 11 is 0. The monoisotopic (exact) mass is 519 g/mol. The number of aromatic hydroxyl groups is 2. The van der Waals surface area contributed by atoms with Gasteiger partial charge in [0.25, 0.3) is 0 Å². The molecule has 11 nitrogen and oxygen atoms in total. The third-order valence-corrected chi connectivity index (χ3v) is 6.93. The fourth-order valence-electron chi connectivity index (χ4n) is 4.83. The van der Waals surface area contributed by atoms with Crippen LogP contribution in [0, 0.1) is 6.92 Å². The Labute approximate surface area is 216 Å². The molecular weight excluding hydrogens is 494 g/mol. The first-order valence-corrected chi connectivity index (χ1v) is 12.0. The average molecular weight is 520 g/mol. The van der Waals surface area contributed by atoms with Gasteiger partial charge in [-0.1, -0.05) is 5.16 Å². The SMILES string of the molecule is CC(=O)c1c(O)c(C)c(O)c2c1OC1=CC(=O)/C(=C(/C)NCCCc3nc(-c4ccco4)no3)C(=O)[C@@]12C. The van der Waals surface area contributed by atoms with E-state index in [1.54, 1.807) is 19.1 Å². The van der Waals surface area contributed by atoms with Crippen molar-refractivity contribution >= 4 is 17.3 Å². The summed E-state index contributed by atoms with van der Waals surface area (Å²) in [5.41, 5.74) is -1.34. The Morgan fingerprint density at radius 3 is 2.63 bits per heavy atom. The van der Waals surface area contributed by atoms with E-state index >= 15 is 0 Å². The molecule has 1 aromatic carbocycles. The van der Waals surface area contributed by atoms with Crippen molar-refractivity contribution in [2.45, 2.75) is 46.0 Å². The number of carbonyl (C=O) groups is 3. The molecule has 1 atom stereocenters. The fourth-order valence-corrected chi connectivity index (χ4v) is 4.83. The van der Waals surface area contributed by atoms with Crippen LogP contribution in [-0.2, 0) is 21.4 Å². The van der Waals surface area contributed by atoms with Crippen LogP contribution in [0.15, 0.2) is 50.4 Å². The Bertz CT molecular complexity index is 1560. The van der Waals surface area contributed by atoms with E-state index in [9.17, 15) is 24.6 Å². The Morgan fingerprint density at radius 2 is 1.95 bits per heavy atom. The van der Waals surface area contributed by atoms with Gasteiger partial charge in [-0.3, -0.25) is 14.4 Å². The summed E-state index contributed by atoms with van der Waals surface area (Å²) in [4.78, 5) is 43.4. The number of Topliss-reactive ketones (excluding diaryl/α,β-unsaturated/α-hetero) is 2. The smallest absolute Gasteiger partial charge is 0.238 e. The molecule has 3 N–H and O–H groups in total. The van der Waals surface area contributed by atoms with Gasteiger partial charge < -0.3 is 29.2 Å². The van der Waals surface area contributed by atoms with E-state index in [2.05, 4.69) is 15.5 Å². The second-order valence-electron chi connectivity index (χ2n) is 9.41. The molecule has 0 saturated carbocycles. The van der Waals surface area contributed by atoms with E-state index in [1.165, 1.54) is 33.1 Å². The number of phenolic OH excluding ortho intramolecular Hbond substituents is 2. The predicted molar refractivity (Wildman–Crippen MR) is 132 cm³/mol. The Balaban J connectivity index is 1.38. The third kappa shape index (κ3) is 3.69. The largest absolute Gasteiger partial charge is 0.507 e. The lowest BCUT2D eigenvalue weighted by atomic mass is 9.70. The van der Waals surface area contributed by atoms with Crippen molar-refractivity contribution < 1.29 is 38.3 Å². The summed E-state index contributed by atoms with van der Waals surface area (Å²) < 4.78 is 16.3. The molecule has 2 aliphatic rings. The summed E-state index contributed by atoms with van der Waals surface area (Å²) in [6, 6.07) is 3.45. The highest BCUT2D eigenvalue weighted by atomic mass is 16.5. The van der Waals surface area contributed by atoms with Crippen LogP contribution < -0.4 is 10.1 Å². The molecule has 0 spiro atoms. The highest BCUT2D eigenvalue weighted by Gasteiger charge is 2.56. The molecule has 0 unspecified atom stereocenters. The Kier molecular flexibility index (Phi) is 5.93. The van der Waals surface area contributed by atoms with Crippen LogP contribution in [0.4, 0.5) is 0 Å². The van der Waals surface area contributed by atoms with Gasteiger partial charge in [0.15, 0.2) is 23.1 Å². The van der Waals surface area contributed by atoms with Crippen LogP contribution in [0.3, 0.4) is 0 Å². The van der Waals surface area contributed by atoms with Crippen LogP contribution in [0.2, 0.25) is 0 Å². The number of phenols is 2. The molecule has 1 aliphatic heterocycles. The predicted octanol–water partition coefficient (Wildman–Crippen LogP) is 3.43. The number of fused-ring (bicyclic) bond motifs is 3. The van der Waals surface area contributed by atoms with Crippen LogP contribution in [0.1, 0.15) is 54.6 Å². The molecule has 196 valence electrons. The van der Waals surface area contributed by atoms with Gasteiger partial charge in [0, 0.05) is 30.3 Å². The molecule has 2 aromatic heterocycles. The van der Waals surface area contributed by atoms with Crippen molar-refractivity contribution in [2.24, 2.45) is 0 Å². The van der Waals surface area contributed by atoms with Crippen molar-refractivity contribution in [3.05, 3.63) is 64.1 Å². The van der Waals surface area contributed by atoms with Gasteiger partial charge in [-0.05, 0) is 46.2 Å². The quantitative estimate of drug-likeness (QED) is 0.181. The minimum Gasteiger partial charge on any atom is -0.507 e. The van der Waals surface area contributed by atoms with E-state index in [0.717, 1.165) is 0 Å². The van der Waals surface area contributed by atoms with Gasteiger partial charge in [0.05, 0.1) is 17.4 Å². The number of aromatic nitrogens is 2. The van der Waals surface area contributed by atoms with E-state index < -0.39 is 28.5 Å². The Morgan fingerprint density at radius 1 is 1.18 bits per heavy atom. The van der Waals surface area contributed by atoms with E-state index in [-0.39, 0.29) is 39.5 Å². The number of ether oxygens (including phenoxy) is 1. The number of hydrogen-bond donors (Lipinski definition) is 3. The maximum atomic E-state index is 13.8. The van der Waals surface area contributed by atoms with Crippen molar-refractivity contribution in [2.75, 3.05) is 6.54 Å². The normalized spacial score (nSPS) is 19.5. The first kappa shape index (κ1) is 25.0. The molecule has 0 amide bonds. The zero-order chi connectivity index (χ0) is 27.4. The molecular formula is C27H25N3O8. The molecule has 0 saturated heterocycles. The summed E-state index contributed by atoms with van der Waals surface area (Å²) in [5, 5.41) is 28.3. The van der Waals surface area contributed by atoms with Gasteiger partial charge in [-0.2, -0.15) is 4.98 Å². The topological polar surface area (TPSA) is 165 Å². The second kappa shape index (κ2) is 9.02. The zero-order valence-corrected chi connectivity index (χ0v) is 21.2. The highest BCUT2D eigenvalue weighted by molar-refractivity contribution is 6.31. The molecule has 5 rings (SSSR count). The van der Waals surface area contributed by atoms with Crippen molar-refractivity contribution in [1.82, 2.24) is 15.5 Å². The van der Waals surface area contributed by atoms with Crippen molar-refractivity contribution in [1.29, 1.82) is 0 Å². The van der Waals surface area contributed by atoms with Gasteiger partial charge in [-0.25, -0.2) is 0 Å². The zero-order valence-electron chi connectivity index (χ0n) is 21.2.